The Hall–Kier alpha value is -3.39. The van der Waals surface area contributed by atoms with Crippen LogP contribution in [-0.2, 0) is 0 Å². The van der Waals surface area contributed by atoms with Crippen molar-refractivity contribution in [2.75, 3.05) is 49.3 Å². The van der Waals surface area contributed by atoms with Gasteiger partial charge in [-0.05, 0) is 61.6 Å². The Morgan fingerprint density at radius 3 is 2.50 bits per heavy atom. The normalized spacial score (nSPS) is 16.1. The van der Waals surface area contributed by atoms with Gasteiger partial charge in [-0.3, -0.25) is 4.79 Å². The molecule has 1 aliphatic heterocycles. The molecule has 0 N–H and O–H groups in total. The lowest BCUT2D eigenvalue weighted by molar-refractivity contribution is 0.431. The van der Waals surface area contributed by atoms with Crippen LogP contribution in [0.5, 0.6) is 0 Å². The second kappa shape index (κ2) is 10.1. The van der Waals surface area contributed by atoms with Gasteiger partial charge in [-0.2, -0.15) is 5.26 Å². The van der Waals surface area contributed by atoms with Gasteiger partial charge in [-0.25, -0.2) is 13.7 Å². The number of pyridine rings is 1. The van der Waals surface area contributed by atoms with Crippen LogP contribution in [0.1, 0.15) is 23.8 Å². The van der Waals surface area contributed by atoms with Gasteiger partial charge in [0.25, 0.3) is 5.56 Å². The van der Waals surface area contributed by atoms with Crippen LogP contribution < -0.4 is 15.4 Å². The number of halogens is 1. The minimum Gasteiger partial charge on any atom is -0.369 e. The highest BCUT2D eigenvalue weighted by Crippen LogP contribution is 2.40. The van der Waals surface area contributed by atoms with Crippen molar-refractivity contribution in [1.29, 1.82) is 5.26 Å². The summed E-state index contributed by atoms with van der Waals surface area (Å²) in [5.41, 5.74) is 3.23. The third-order valence-electron chi connectivity index (χ3n) is 7.29. The maximum atomic E-state index is 13.5. The summed E-state index contributed by atoms with van der Waals surface area (Å²) in [5.74, 6) is -0.334. The molecule has 0 amide bonds. The van der Waals surface area contributed by atoms with Crippen molar-refractivity contribution >= 4 is 50.6 Å². The number of fused-ring (bicyclic) bond motifs is 1. The summed E-state index contributed by atoms with van der Waals surface area (Å²) in [4.78, 5) is 23.0. The van der Waals surface area contributed by atoms with Crippen molar-refractivity contribution < 1.29 is 4.39 Å². The van der Waals surface area contributed by atoms with Crippen molar-refractivity contribution in [3.05, 3.63) is 69.7 Å². The molecule has 0 unspecified atom stereocenters. The number of thiazole rings is 1. The molecule has 194 valence electrons. The summed E-state index contributed by atoms with van der Waals surface area (Å²) in [5, 5.41) is 12.0. The van der Waals surface area contributed by atoms with Crippen LogP contribution in [0.3, 0.4) is 0 Å². The van der Waals surface area contributed by atoms with Crippen LogP contribution in [0.4, 0.5) is 20.9 Å². The maximum Gasteiger partial charge on any atom is 0.258 e. The van der Waals surface area contributed by atoms with Gasteiger partial charge in [-0.1, -0.05) is 23.3 Å². The molecule has 10 heteroatoms. The quantitative estimate of drug-likeness (QED) is 0.290. The number of benzene rings is 2. The van der Waals surface area contributed by atoms with E-state index in [1.54, 1.807) is 24.1 Å². The molecule has 4 aromatic rings. The monoisotopic (exact) mass is 546 g/mol. The zero-order valence-electron chi connectivity index (χ0n) is 21.2. The van der Waals surface area contributed by atoms with Gasteiger partial charge in [0.05, 0.1) is 5.69 Å². The summed E-state index contributed by atoms with van der Waals surface area (Å²) in [7, 11) is 1.93. The molecule has 0 atom stereocenters. The first-order valence-corrected chi connectivity index (χ1v) is 14.6. The topological polar surface area (TPSA) is 68.4 Å². The van der Waals surface area contributed by atoms with Gasteiger partial charge in [0, 0.05) is 67.5 Å². The third kappa shape index (κ3) is 4.55. The zero-order chi connectivity index (χ0) is 26.4. The van der Waals surface area contributed by atoms with Crippen LogP contribution in [0.25, 0.3) is 22.0 Å². The van der Waals surface area contributed by atoms with E-state index in [2.05, 4.69) is 33.7 Å². The fourth-order valence-electron chi connectivity index (χ4n) is 4.98. The fourth-order valence-corrected chi connectivity index (χ4v) is 6.37. The lowest BCUT2D eigenvalue weighted by Gasteiger charge is -2.35. The zero-order valence-corrected chi connectivity index (χ0v) is 22.9. The Kier molecular flexibility index (Phi) is 6.60. The highest BCUT2D eigenvalue weighted by Gasteiger charge is 2.28. The maximum absolute atomic E-state index is 13.5. The standard InChI is InChI=1S/C28H27FN6OS2/c1-32(28-31-26(25(16-30)38-28)18-3-5-19(29)6-4-18)24-17-35(20-7-8-20)27(36)22-10-9-21(15-23(22)24)33-11-13-34(37-2)14-12-33/h3-6,9-10,15,17,20H,7-8,11-14H2,1-2H3. The first-order chi connectivity index (χ1) is 18.5. The van der Waals surface area contributed by atoms with Gasteiger partial charge in [0.15, 0.2) is 5.13 Å². The van der Waals surface area contributed by atoms with E-state index in [4.69, 9.17) is 4.98 Å². The van der Waals surface area contributed by atoms with Crippen LogP contribution in [-0.4, -0.2) is 53.3 Å². The number of hydrogen-bond acceptors (Lipinski definition) is 8. The lowest BCUT2D eigenvalue weighted by Crippen LogP contribution is -2.43. The first kappa shape index (κ1) is 24.9. The van der Waals surface area contributed by atoms with Gasteiger partial charge < -0.3 is 14.4 Å². The molecule has 38 heavy (non-hydrogen) atoms. The number of anilines is 3. The van der Waals surface area contributed by atoms with E-state index >= 15 is 0 Å². The van der Waals surface area contributed by atoms with Crippen molar-refractivity contribution in [3.63, 3.8) is 0 Å². The largest absolute Gasteiger partial charge is 0.369 e. The molecular formula is C28H27FN6OS2. The number of hydrogen-bond donors (Lipinski definition) is 0. The molecule has 2 aromatic heterocycles. The summed E-state index contributed by atoms with van der Waals surface area (Å²) in [6.07, 6.45) is 6.05. The predicted molar refractivity (Wildman–Crippen MR) is 154 cm³/mol. The smallest absolute Gasteiger partial charge is 0.258 e. The van der Waals surface area contributed by atoms with Crippen molar-refractivity contribution in [2.24, 2.45) is 0 Å². The summed E-state index contributed by atoms with van der Waals surface area (Å²) < 4.78 is 17.7. The van der Waals surface area contributed by atoms with E-state index < -0.39 is 0 Å². The Bertz CT molecular complexity index is 1600. The second-order valence-electron chi connectivity index (χ2n) is 9.64. The fraction of sp³-hybridized carbons (Fsp3) is 0.321. The third-order valence-corrected chi connectivity index (χ3v) is 9.21. The highest BCUT2D eigenvalue weighted by atomic mass is 32.2. The Morgan fingerprint density at radius 2 is 1.84 bits per heavy atom. The molecule has 0 radical (unpaired) electrons. The first-order valence-electron chi connectivity index (χ1n) is 12.6. The van der Waals surface area contributed by atoms with Crippen molar-refractivity contribution in [1.82, 2.24) is 13.9 Å². The average molecular weight is 547 g/mol. The summed E-state index contributed by atoms with van der Waals surface area (Å²) in [6, 6.07) is 14.6. The molecule has 2 aliphatic rings. The van der Waals surface area contributed by atoms with E-state index in [-0.39, 0.29) is 17.4 Å². The van der Waals surface area contributed by atoms with Crippen LogP contribution in [0.2, 0.25) is 0 Å². The van der Waals surface area contributed by atoms with Crippen LogP contribution in [0.15, 0.2) is 53.5 Å². The number of nitrogens with zero attached hydrogens (tertiary/aromatic N) is 6. The molecule has 6 rings (SSSR count). The minimum atomic E-state index is -0.334. The van der Waals surface area contributed by atoms with E-state index in [1.165, 1.54) is 23.5 Å². The molecule has 0 spiro atoms. The van der Waals surface area contributed by atoms with Crippen LogP contribution >= 0.6 is 23.3 Å². The summed E-state index contributed by atoms with van der Waals surface area (Å²) in [6.45, 7) is 3.82. The van der Waals surface area contributed by atoms with Crippen molar-refractivity contribution in [3.8, 4) is 17.3 Å². The van der Waals surface area contributed by atoms with Gasteiger partial charge in [0.2, 0.25) is 0 Å². The molecule has 1 saturated heterocycles. The molecule has 2 fully saturated rings. The Labute approximate surface area is 228 Å². The number of piperazine rings is 1. The van der Waals surface area contributed by atoms with Crippen molar-refractivity contribution in [2.45, 2.75) is 18.9 Å². The molecule has 7 nitrogen and oxygen atoms in total. The second-order valence-corrected chi connectivity index (χ2v) is 11.5. The van der Waals surface area contributed by atoms with E-state index in [1.807, 2.05) is 28.8 Å². The number of nitriles is 1. The number of aromatic nitrogens is 2. The number of rotatable bonds is 6. The lowest BCUT2D eigenvalue weighted by atomic mass is 10.1. The van der Waals surface area contributed by atoms with Gasteiger partial charge in [-0.15, -0.1) is 0 Å². The molecule has 1 saturated carbocycles. The molecular weight excluding hydrogens is 519 g/mol. The molecule has 1 aliphatic carbocycles. The predicted octanol–water partition coefficient (Wildman–Crippen LogP) is 5.64. The van der Waals surface area contributed by atoms with Gasteiger partial charge >= 0.3 is 0 Å². The molecule has 2 aromatic carbocycles. The minimum absolute atomic E-state index is 0.0299. The average Bonchev–Trinajstić information content (AvgIpc) is 3.71. The van der Waals surface area contributed by atoms with Gasteiger partial charge in [0.1, 0.15) is 22.5 Å². The SMILES string of the molecule is CSN1CCN(c2ccc3c(=O)n(C4CC4)cc(N(C)c4nc(-c5ccc(F)cc5)c(C#N)s4)c3c2)CC1. The Balaban J connectivity index is 1.44. The van der Waals surface area contributed by atoms with E-state index in [0.29, 0.717) is 26.7 Å². The van der Waals surface area contributed by atoms with E-state index in [0.717, 1.165) is 55.8 Å². The molecule has 0 bridgehead atoms. The van der Waals surface area contributed by atoms with Crippen LogP contribution in [0, 0.1) is 17.1 Å². The Morgan fingerprint density at radius 1 is 1.11 bits per heavy atom. The summed E-state index contributed by atoms with van der Waals surface area (Å²) >= 11 is 3.07. The highest BCUT2D eigenvalue weighted by molar-refractivity contribution is 7.96. The molecule has 3 heterocycles. The van der Waals surface area contributed by atoms with E-state index in [9.17, 15) is 14.4 Å².